The molecule has 0 unspecified atom stereocenters. The van der Waals surface area contributed by atoms with Crippen molar-refractivity contribution < 1.29 is 0 Å². The molecule has 2 aromatic carbocycles. The first kappa shape index (κ1) is 17.3. The minimum Gasteiger partial charge on any atom is -0.392 e. The zero-order valence-electron chi connectivity index (χ0n) is 14.8. The second kappa shape index (κ2) is 8.57. The van der Waals surface area contributed by atoms with Crippen molar-refractivity contribution in [1.29, 1.82) is 0 Å². The van der Waals surface area contributed by atoms with Crippen LogP contribution in [-0.4, -0.2) is 7.05 Å². The molecule has 1 nitrogen and oxygen atoms in total. The molecule has 23 heavy (non-hydrogen) atoms. The number of hydrogen-bond acceptors (Lipinski definition) is 1. The average Bonchev–Trinajstić information content (AvgIpc) is 2.56. The summed E-state index contributed by atoms with van der Waals surface area (Å²) in [5, 5.41) is 3.12. The third kappa shape index (κ3) is 5.59. The molecule has 0 spiro atoms. The largest absolute Gasteiger partial charge is 0.392 e. The van der Waals surface area contributed by atoms with Crippen LogP contribution >= 0.6 is 0 Å². The van der Waals surface area contributed by atoms with Crippen molar-refractivity contribution in [2.45, 2.75) is 46.0 Å². The van der Waals surface area contributed by atoms with Gasteiger partial charge in [-0.3, -0.25) is 0 Å². The molecule has 1 heteroatoms. The van der Waals surface area contributed by atoms with Gasteiger partial charge in [-0.1, -0.05) is 49.0 Å². The van der Waals surface area contributed by atoms with Gasteiger partial charge in [0, 0.05) is 12.7 Å². The third-order valence-corrected chi connectivity index (χ3v) is 4.56. The topological polar surface area (TPSA) is 12.0 Å². The Hall–Kier alpha value is -2.02. The van der Waals surface area contributed by atoms with Gasteiger partial charge in [0.2, 0.25) is 0 Å². The minimum absolute atomic E-state index is 1.00. The monoisotopic (exact) mass is 307 g/mol. The summed E-state index contributed by atoms with van der Waals surface area (Å²) in [6, 6.07) is 15.8. The Morgan fingerprint density at radius 2 is 1.52 bits per heavy atom. The van der Waals surface area contributed by atoms with Crippen LogP contribution in [0.4, 0.5) is 0 Å². The highest BCUT2D eigenvalue weighted by Gasteiger charge is 2.00. The number of hydrogen-bond donors (Lipinski definition) is 1. The van der Waals surface area contributed by atoms with E-state index in [2.05, 4.69) is 68.2 Å². The van der Waals surface area contributed by atoms with Crippen LogP contribution in [-0.2, 0) is 19.3 Å². The summed E-state index contributed by atoms with van der Waals surface area (Å²) in [6.45, 7) is 8.37. The number of nitrogens with one attached hydrogen (secondary N) is 1. The van der Waals surface area contributed by atoms with E-state index in [-0.39, 0.29) is 0 Å². The van der Waals surface area contributed by atoms with Crippen LogP contribution in [0.1, 0.15) is 40.7 Å². The Balaban J connectivity index is 1.85. The fraction of sp³-hybridized carbons (Fsp3) is 0.364. The van der Waals surface area contributed by atoms with E-state index in [9.17, 15) is 0 Å². The normalized spacial score (nSPS) is 10.6. The molecule has 0 amide bonds. The van der Waals surface area contributed by atoms with E-state index in [1.54, 1.807) is 0 Å². The Morgan fingerprint density at radius 1 is 0.870 bits per heavy atom. The van der Waals surface area contributed by atoms with Gasteiger partial charge in [-0.2, -0.15) is 0 Å². The van der Waals surface area contributed by atoms with Crippen molar-refractivity contribution in [3.8, 4) is 0 Å². The summed E-state index contributed by atoms with van der Waals surface area (Å²) in [4.78, 5) is 0. The molecule has 0 heterocycles. The highest BCUT2D eigenvalue weighted by atomic mass is 14.8. The summed E-state index contributed by atoms with van der Waals surface area (Å²) >= 11 is 0. The molecule has 1 N–H and O–H groups in total. The van der Waals surface area contributed by atoms with E-state index >= 15 is 0 Å². The van der Waals surface area contributed by atoms with Gasteiger partial charge < -0.3 is 5.32 Å². The quantitative estimate of drug-likeness (QED) is 0.711. The average molecular weight is 307 g/mol. The summed E-state index contributed by atoms with van der Waals surface area (Å²) in [5.41, 5.74) is 8.19. The maximum absolute atomic E-state index is 4.00. The zero-order valence-corrected chi connectivity index (χ0v) is 14.8. The summed E-state index contributed by atoms with van der Waals surface area (Å²) in [6.07, 6.45) is 5.57. The number of aryl methyl sites for hydroxylation is 5. The van der Waals surface area contributed by atoms with Crippen LogP contribution < -0.4 is 5.32 Å². The van der Waals surface area contributed by atoms with Gasteiger partial charge in [0.05, 0.1) is 0 Å². The molecule has 2 aromatic rings. The van der Waals surface area contributed by atoms with Crippen molar-refractivity contribution >= 4 is 0 Å². The Labute approximate surface area is 141 Å². The standard InChI is InChI=1S/C22H29N/c1-17-11-13-21(15-18(17)2)9-5-7-20-8-6-10-22(16-20)14-12-19(3)23-4/h6,8,10-11,13,15-16,23H,3,5,7,9,12,14H2,1-2,4H3. The molecular weight excluding hydrogens is 278 g/mol. The molecule has 0 aliphatic rings. The molecular formula is C22H29N. The van der Waals surface area contributed by atoms with Gasteiger partial charge in [0.1, 0.15) is 0 Å². The predicted octanol–water partition coefficient (Wildman–Crippen LogP) is 5.14. The van der Waals surface area contributed by atoms with Gasteiger partial charge in [-0.05, 0) is 73.8 Å². The molecule has 0 aliphatic carbocycles. The van der Waals surface area contributed by atoms with Crippen LogP contribution in [0.15, 0.2) is 54.7 Å². The summed E-state index contributed by atoms with van der Waals surface area (Å²) in [7, 11) is 1.94. The smallest absolute Gasteiger partial charge is 0.00343 e. The van der Waals surface area contributed by atoms with Gasteiger partial charge in [0.25, 0.3) is 0 Å². The van der Waals surface area contributed by atoms with E-state index in [1.807, 2.05) is 7.05 Å². The molecule has 2 rings (SSSR count). The van der Waals surface area contributed by atoms with Crippen LogP contribution in [0, 0.1) is 13.8 Å². The number of allylic oxidation sites excluding steroid dienone is 1. The van der Waals surface area contributed by atoms with E-state index in [1.165, 1.54) is 34.2 Å². The third-order valence-electron chi connectivity index (χ3n) is 4.56. The fourth-order valence-corrected chi connectivity index (χ4v) is 2.82. The summed E-state index contributed by atoms with van der Waals surface area (Å²) < 4.78 is 0. The van der Waals surface area contributed by atoms with E-state index < -0.39 is 0 Å². The molecule has 0 saturated heterocycles. The van der Waals surface area contributed by atoms with Crippen molar-refractivity contribution in [1.82, 2.24) is 5.32 Å². The molecule has 0 atom stereocenters. The van der Waals surface area contributed by atoms with Crippen molar-refractivity contribution in [3.63, 3.8) is 0 Å². The lowest BCUT2D eigenvalue weighted by Crippen LogP contribution is -2.05. The predicted molar refractivity (Wildman–Crippen MR) is 101 cm³/mol. The highest BCUT2D eigenvalue weighted by molar-refractivity contribution is 5.30. The lowest BCUT2D eigenvalue weighted by molar-refractivity contribution is 0.812. The van der Waals surface area contributed by atoms with Crippen molar-refractivity contribution in [3.05, 3.63) is 82.6 Å². The molecule has 122 valence electrons. The number of benzene rings is 2. The SMILES string of the molecule is C=C(CCc1cccc(CCCc2ccc(C)c(C)c2)c1)NC. The lowest BCUT2D eigenvalue weighted by Gasteiger charge is -2.08. The fourth-order valence-electron chi connectivity index (χ4n) is 2.82. The molecule has 0 aliphatic heterocycles. The molecule has 0 bridgehead atoms. The second-order valence-electron chi connectivity index (χ2n) is 6.45. The van der Waals surface area contributed by atoms with E-state index in [0.29, 0.717) is 0 Å². The Morgan fingerprint density at radius 3 is 2.17 bits per heavy atom. The van der Waals surface area contributed by atoms with Crippen molar-refractivity contribution in [2.24, 2.45) is 0 Å². The van der Waals surface area contributed by atoms with Crippen molar-refractivity contribution in [2.75, 3.05) is 7.05 Å². The van der Waals surface area contributed by atoms with Gasteiger partial charge in [0.15, 0.2) is 0 Å². The molecule has 0 aromatic heterocycles. The van der Waals surface area contributed by atoms with Crippen LogP contribution in [0.5, 0.6) is 0 Å². The van der Waals surface area contributed by atoms with Crippen LogP contribution in [0.25, 0.3) is 0 Å². The van der Waals surface area contributed by atoms with Crippen LogP contribution in [0.2, 0.25) is 0 Å². The highest BCUT2D eigenvalue weighted by Crippen LogP contribution is 2.15. The summed E-state index contributed by atoms with van der Waals surface area (Å²) in [5.74, 6) is 0. The molecule has 0 fully saturated rings. The first-order valence-electron chi connectivity index (χ1n) is 8.58. The lowest BCUT2D eigenvalue weighted by atomic mass is 9.99. The Bertz CT molecular complexity index is 655. The van der Waals surface area contributed by atoms with Gasteiger partial charge in [-0.15, -0.1) is 0 Å². The first-order chi connectivity index (χ1) is 11.1. The maximum atomic E-state index is 4.00. The van der Waals surface area contributed by atoms with Crippen LogP contribution in [0.3, 0.4) is 0 Å². The minimum atomic E-state index is 1.00. The van der Waals surface area contributed by atoms with E-state index in [4.69, 9.17) is 0 Å². The van der Waals surface area contributed by atoms with E-state index in [0.717, 1.165) is 31.4 Å². The van der Waals surface area contributed by atoms with Gasteiger partial charge >= 0.3 is 0 Å². The zero-order chi connectivity index (χ0) is 16.7. The molecule has 0 radical (unpaired) electrons. The maximum Gasteiger partial charge on any atom is 0.00343 e. The number of rotatable bonds is 8. The second-order valence-corrected chi connectivity index (χ2v) is 6.45. The Kier molecular flexibility index (Phi) is 6.46. The van der Waals surface area contributed by atoms with Gasteiger partial charge in [-0.25, -0.2) is 0 Å². The first-order valence-corrected chi connectivity index (χ1v) is 8.58. The molecule has 0 saturated carbocycles.